The molecule has 88 valence electrons. The van der Waals surface area contributed by atoms with Gasteiger partial charge in [0.2, 0.25) is 0 Å². The van der Waals surface area contributed by atoms with Crippen LogP contribution in [0.1, 0.15) is 24.5 Å². The molecule has 3 nitrogen and oxygen atoms in total. The predicted octanol–water partition coefficient (Wildman–Crippen LogP) is 3.58. The van der Waals surface area contributed by atoms with Crippen LogP contribution in [0, 0.1) is 6.92 Å². The molecule has 0 unspecified atom stereocenters. The molecule has 0 aliphatic heterocycles. The van der Waals surface area contributed by atoms with Crippen molar-refractivity contribution in [1.82, 2.24) is 9.97 Å². The number of rotatable bonds is 3. The number of halogens is 1. The van der Waals surface area contributed by atoms with Crippen LogP contribution < -0.4 is 4.74 Å². The lowest BCUT2D eigenvalue weighted by atomic mass is 10.2. The fourth-order valence-corrected chi connectivity index (χ4v) is 1.76. The maximum Gasteiger partial charge on any atom is 0.138 e. The zero-order valence-electron chi connectivity index (χ0n) is 9.72. The molecule has 1 aromatic carbocycles. The van der Waals surface area contributed by atoms with E-state index < -0.39 is 0 Å². The molecule has 4 heteroatoms. The Morgan fingerprint density at radius 1 is 1.18 bits per heavy atom. The summed E-state index contributed by atoms with van der Waals surface area (Å²) in [5.74, 6) is 1.46. The van der Waals surface area contributed by atoms with Crippen LogP contribution in [-0.4, -0.2) is 9.97 Å². The first kappa shape index (κ1) is 11.9. The molecule has 0 radical (unpaired) electrons. The smallest absolute Gasteiger partial charge is 0.138 e. The maximum absolute atomic E-state index is 5.89. The summed E-state index contributed by atoms with van der Waals surface area (Å²) in [6.07, 6.45) is -0.156. The summed E-state index contributed by atoms with van der Waals surface area (Å²) in [4.78, 5) is 8.33. The molecule has 1 atom stereocenters. The molecule has 0 saturated carbocycles. The molecule has 0 spiro atoms. The van der Waals surface area contributed by atoms with Crippen LogP contribution in [-0.2, 0) is 0 Å². The van der Waals surface area contributed by atoms with Crippen molar-refractivity contribution in [2.24, 2.45) is 0 Å². The van der Waals surface area contributed by atoms with Crippen molar-refractivity contribution in [1.29, 1.82) is 0 Å². The fraction of sp³-hybridized carbons (Fsp3) is 0.231. The number of ether oxygens (including phenoxy) is 1. The van der Waals surface area contributed by atoms with Crippen LogP contribution in [0.25, 0.3) is 0 Å². The Labute approximate surface area is 105 Å². The lowest BCUT2D eigenvalue weighted by molar-refractivity contribution is 0.221. The van der Waals surface area contributed by atoms with Crippen LogP contribution in [0.15, 0.2) is 36.4 Å². The Morgan fingerprint density at radius 2 is 1.88 bits per heavy atom. The minimum absolute atomic E-state index is 0.156. The number of aromatic nitrogens is 2. The quantitative estimate of drug-likeness (QED) is 0.779. The van der Waals surface area contributed by atoms with Gasteiger partial charge in [0.05, 0.1) is 5.69 Å². The van der Waals surface area contributed by atoms with Crippen LogP contribution in [0.5, 0.6) is 5.75 Å². The maximum atomic E-state index is 5.89. The summed E-state index contributed by atoms with van der Waals surface area (Å²) in [5, 5.41) is 0.441. The SMILES string of the molecule is Cc1nc(Cl)cc([C@H](C)Oc2ccccc2)n1. The first-order chi connectivity index (χ1) is 8.15. The molecule has 0 amide bonds. The molecule has 0 bridgehead atoms. The minimum atomic E-state index is -0.156. The Hall–Kier alpha value is -1.61. The van der Waals surface area contributed by atoms with Gasteiger partial charge in [-0.25, -0.2) is 9.97 Å². The van der Waals surface area contributed by atoms with E-state index in [-0.39, 0.29) is 6.10 Å². The van der Waals surface area contributed by atoms with E-state index in [4.69, 9.17) is 16.3 Å². The van der Waals surface area contributed by atoms with Crippen molar-refractivity contribution < 1.29 is 4.74 Å². The van der Waals surface area contributed by atoms with Crippen molar-refractivity contribution in [3.63, 3.8) is 0 Å². The van der Waals surface area contributed by atoms with E-state index in [2.05, 4.69) is 9.97 Å². The summed E-state index contributed by atoms with van der Waals surface area (Å²) in [6, 6.07) is 11.4. The molecule has 2 aromatic rings. The molecule has 1 aromatic heterocycles. The number of hydrogen-bond acceptors (Lipinski definition) is 3. The van der Waals surface area contributed by atoms with Gasteiger partial charge in [-0.15, -0.1) is 0 Å². The first-order valence-electron chi connectivity index (χ1n) is 5.38. The molecule has 0 aliphatic carbocycles. The van der Waals surface area contributed by atoms with E-state index in [9.17, 15) is 0 Å². The largest absolute Gasteiger partial charge is 0.484 e. The number of hydrogen-bond donors (Lipinski definition) is 0. The molecule has 0 fully saturated rings. The third kappa shape index (κ3) is 3.17. The fourth-order valence-electron chi connectivity index (χ4n) is 1.52. The number of para-hydroxylation sites is 1. The standard InChI is InChI=1S/C13H13ClN2O/c1-9(17-11-6-4-3-5-7-11)12-8-13(14)16-10(2)15-12/h3-9H,1-2H3/t9-/m0/s1. The van der Waals surface area contributed by atoms with Gasteiger partial charge in [0.25, 0.3) is 0 Å². The summed E-state index contributed by atoms with van der Waals surface area (Å²) >= 11 is 5.89. The molecule has 1 heterocycles. The van der Waals surface area contributed by atoms with Crippen molar-refractivity contribution >= 4 is 11.6 Å². The predicted molar refractivity (Wildman–Crippen MR) is 67.3 cm³/mol. The van der Waals surface area contributed by atoms with E-state index in [1.807, 2.05) is 44.2 Å². The number of aryl methyl sites for hydroxylation is 1. The Balaban J connectivity index is 2.17. The zero-order chi connectivity index (χ0) is 12.3. The second-order valence-corrected chi connectivity index (χ2v) is 4.12. The molecular weight excluding hydrogens is 236 g/mol. The highest BCUT2D eigenvalue weighted by Gasteiger charge is 2.10. The topological polar surface area (TPSA) is 35.0 Å². The van der Waals surface area contributed by atoms with Crippen LogP contribution in [0.3, 0.4) is 0 Å². The number of nitrogens with zero attached hydrogens (tertiary/aromatic N) is 2. The van der Waals surface area contributed by atoms with Gasteiger partial charge in [0.15, 0.2) is 0 Å². The molecule has 0 aliphatic rings. The number of benzene rings is 1. The van der Waals surface area contributed by atoms with Gasteiger partial charge in [-0.05, 0) is 26.0 Å². The van der Waals surface area contributed by atoms with E-state index in [0.29, 0.717) is 11.0 Å². The average Bonchev–Trinajstić information content (AvgIpc) is 2.29. The normalized spacial score (nSPS) is 12.2. The van der Waals surface area contributed by atoms with Crippen LogP contribution >= 0.6 is 11.6 Å². The van der Waals surface area contributed by atoms with Gasteiger partial charge < -0.3 is 4.74 Å². The Kier molecular flexibility index (Phi) is 3.59. The molecule has 17 heavy (non-hydrogen) atoms. The summed E-state index contributed by atoms with van der Waals surface area (Å²) in [7, 11) is 0. The minimum Gasteiger partial charge on any atom is -0.484 e. The zero-order valence-corrected chi connectivity index (χ0v) is 10.5. The van der Waals surface area contributed by atoms with Crippen LogP contribution in [0.4, 0.5) is 0 Å². The monoisotopic (exact) mass is 248 g/mol. The third-order valence-electron chi connectivity index (χ3n) is 2.30. The van der Waals surface area contributed by atoms with E-state index in [0.717, 1.165) is 11.4 Å². The van der Waals surface area contributed by atoms with Crippen molar-refractivity contribution in [3.8, 4) is 5.75 Å². The molecule has 2 rings (SSSR count). The van der Waals surface area contributed by atoms with E-state index in [1.165, 1.54) is 0 Å². The highest BCUT2D eigenvalue weighted by molar-refractivity contribution is 6.29. The van der Waals surface area contributed by atoms with Gasteiger partial charge in [-0.1, -0.05) is 29.8 Å². The first-order valence-corrected chi connectivity index (χ1v) is 5.76. The summed E-state index contributed by atoms with van der Waals surface area (Å²) in [6.45, 7) is 3.75. The third-order valence-corrected chi connectivity index (χ3v) is 2.49. The lowest BCUT2D eigenvalue weighted by Crippen LogP contribution is -2.07. The van der Waals surface area contributed by atoms with Gasteiger partial charge in [-0.2, -0.15) is 0 Å². The summed E-state index contributed by atoms with van der Waals surface area (Å²) < 4.78 is 5.76. The molecule has 0 saturated heterocycles. The van der Waals surface area contributed by atoms with E-state index >= 15 is 0 Å². The molecular formula is C13H13ClN2O. The van der Waals surface area contributed by atoms with Gasteiger partial charge in [-0.3, -0.25) is 0 Å². The summed E-state index contributed by atoms with van der Waals surface area (Å²) in [5.41, 5.74) is 0.784. The van der Waals surface area contributed by atoms with Crippen molar-refractivity contribution in [2.45, 2.75) is 20.0 Å². The Morgan fingerprint density at radius 3 is 2.53 bits per heavy atom. The van der Waals surface area contributed by atoms with Gasteiger partial charge in [0.1, 0.15) is 22.8 Å². The van der Waals surface area contributed by atoms with Crippen molar-refractivity contribution in [3.05, 3.63) is 53.1 Å². The molecule has 0 N–H and O–H groups in total. The van der Waals surface area contributed by atoms with E-state index in [1.54, 1.807) is 6.07 Å². The average molecular weight is 249 g/mol. The second kappa shape index (κ2) is 5.15. The highest BCUT2D eigenvalue weighted by atomic mass is 35.5. The lowest BCUT2D eigenvalue weighted by Gasteiger charge is -2.14. The second-order valence-electron chi connectivity index (χ2n) is 3.74. The van der Waals surface area contributed by atoms with Crippen LogP contribution in [0.2, 0.25) is 5.15 Å². The van der Waals surface area contributed by atoms with Gasteiger partial charge >= 0.3 is 0 Å². The Bertz CT molecular complexity index is 482. The highest BCUT2D eigenvalue weighted by Crippen LogP contribution is 2.21. The van der Waals surface area contributed by atoms with Crippen molar-refractivity contribution in [2.75, 3.05) is 0 Å². The van der Waals surface area contributed by atoms with Gasteiger partial charge in [0, 0.05) is 6.07 Å².